The van der Waals surface area contributed by atoms with Gasteiger partial charge in [-0.05, 0) is 49.6 Å². The number of ether oxygens (including phenoxy) is 1. The predicted octanol–water partition coefficient (Wildman–Crippen LogP) is 5.83. The molecule has 0 unspecified atom stereocenters. The van der Waals surface area contributed by atoms with Crippen molar-refractivity contribution in [1.82, 2.24) is 0 Å². The van der Waals surface area contributed by atoms with Gasteiger partial charge in [0.25, 0.3) is 5.91 Å². The van der Waals surface area contributed by atoms with Gasteiger partial charge in [-0.1, -0.05) is 67.6 Å². The molecule has 0 saturated carbocycles. The van der Waals surface area contributed by atoms with Crippen LogP contribution in [-0.2, 0) is 5.41 Å². The molecule has 0 spiro atoms. The molecule has 0 fully saturated rings. The first-order valence-corrected chi connectivity index (χ1v) is 10.0. The highest BCUT2D eigenvalue weighted by molar-refractivity contribution is 6.09. The van der Waals surface area contributed by atoms with Crippen LogP contribution in [0.25, 0.3) is 0 Å². The third kappa shape index (κ3) is 3.11. The van der Waals surface area contributed by atoms with E-state index < -0.39 is 0 Å². The third-order valence-electron chi connectivity index (χ3n) is 6.08. The van der Waals surface area contributed by atoms with Crippen LogP contribution in [0.4, 0.5) is 5.69 Å². The van der Waals surface area contributed by atoms with Crippen molar-refractivity contribution >= 4 is 11.6 Å². The second-order valence-corrected chi connectivity index (χ2v) is 8.55. The standard InChI is InChI=1S/C26H27NO2/c1-25(2)18-26(3,19-12-6-5-7-13-19)21-15-9-10-16-22(21)27(25)24(28)20-14-8-11-17-23(20)29-4/h5-17H,18H2,1-4H3/t26-/m0/s1. The van der Waals surface area contributed by atoms with Crippen molar-refractivity contribution in [3.63, 3.8) is 0 Å². The summed E-state index contributed by atoms with van der Waals surface area (Å²) in [6.07, 6.45) is 0.821. The molecule has 1 heterocycles. The minimum Gasteiger partial charge on any atom is -0.496 e. The van der Waals surface area contributed by atoms with E-state index in [2.05, 4.69) is 63.2 Å². The lowest BCUT2D eigenvalue weighted by Crippen LogP contribution is -2.55. The zero-order chi connectivity index (χ0) is 20.6. The van der Waals surface area contributed by atoms with Gasteiger partial charge in [0.15, 0.2) is 0 Å². The largest absolute Gasteiger partial charge is 0.496 e. The number of hydrogen-bond acceptors (Lipinski definition) is 2. The maximum Gasteiger partial charge on any atom is 0.262 e. The molecule has 0 N–H and O–H groups in total. The van der Waals surface area contributed by atoms with Crippen LogP contribution < -0.4 is 9.64 Å². The van der Waals surface area contributed by atoms with Gasteiger partial charge in [0.1, 0.15) is 5.75 Å². The van der Waals surface area contributed by atoms with Crippen LogP contribution in [0.1, 0.15) is 48.7 Å². The van der Waals surface area contributed by atoms with Crippen LogP contribution in [0.3, 0.4) is 0 Å². The topological polar surface area (TPSA) is 29.5 Å². The Morgan fingerprint density at radius 3 is 2.21 bits per heavy atom. The number of rotatable bonds is 3. The number of amides is 1. The Morgan fingerprint density at radius 1 is 0.862 bits per heavy atom. The van der Waals surface area contributed by atoms with E-state index in [-0.39, 0.29) is 16.9 Å². The fraction of sp³-hybridized carbons (Fsp3) is 0.269. The van der Waals surface area contributed by atoms with Gasteiger partial charge in [-0.15, -0.1) is 0 Å². The molecule has 148 valence electrons. The van der Waals surface area contributed by atoms with Gasteiger partial charge in [-0.3, -0.25) is 4.79 Å². The van der Waals surface area contributed by atoms with E-state index in [4.69, 9.17) is 4.74 Å². The maximum atomic E-state index is 13.8. The molecule has 3 heteroatoms. The van der Waals surface area contributed by atoms with Crippen LogP contribution in [0.15, 0.2) is 78.9 Å². The van der Waals surface area contributed by atoms with Crippen molar-refractivity contribution in [3.05, 3.63) is 95.6 Å². The highest BCUT2D eigenvalue weighted by atomic mass is 16.5. The molecule has 3 aromatic rings. The molecule has 1 atom stereocenters. The van der Waals surface area contributed by atoms with E-state index in [0.717, 1.165) is 12.1 Å². The summed E-state index contributed by atoms with van der Waals surface area (Å²) in [6, 6.07) is 26.3. The Hall–Kier alpha value is -3.07. The molecule has 29 heavy (non-hydrogen) atoms. The molecule has 4 rings (SSSR count). The number of nitrogens with zero attached hydrogens (tertiary/aromatic N) is 1. The molecule has 0 aliphatic carbocycles. The third-order valence-corrected chi connectivity index (χ3v) is 6.08. The number of carbonyl (C=O) groups excluding carboxylic acids is 1. The number of para-hydroxylation sites is 2. The summed E-state index contributed by atoms with van der Waals surface area (Å²) < 4.78 is 5.48. The number of carbonyl (C=O) groups is 1. The van der Waals surface area contributed by atoms with Crippen molar-refractivity contribution in [3.8, 4) is 5.75 Å². The number of benzene rings is 3. The zero-order valence-corrected chi connectivity index (χ0v) is 17.5. The predicted molar refractivity (Wildman–Crippen MR) is 118 cm³/mol. The van der Waals surface area contributed by atoms with Crippen molar-refractivity contribution in [2.24, 2.45) is 0 Å². The van der Waals surface area contributed by atoms with Crippen LogP contribution >= 0.6 is 0 Å². The van der Waals surface area contributed by atoms with Crippen molar-refractivity contribution in [1.29, 1.82) is 0 Å². The summed E-state index contributed by atoms with van der Waals surface area (Å²) in [5.41, 5.74) is 3.43. The van der Waals surface area contributed by atoms with Crippen molar-refractivity contribution in [2.45, 2.75) is 38.1 Å². The SMILES string of the molecule is COc1ccccc1C(=O)N1c2ccccc2[C@](C)(c2ccccc2)CC1(C)C. The average molecular weight is 386 g/mol. The number of methoxy groups -OCH3 is 1. The Balaban J connectivity index is 1.90. The lowest BCUT2D eigenvalue weighted by atomic mass is 9.65. The molecule has 3 aromatic carbocycles. The second-order valence-electron chi connectivity index (χ2n) is 8.55. The van der Waals surface area contributed by atoms with Crippen LogP contribution in [0, 0.1) is 0 Å². The average Bonchev–Trinajstić information content (AvgIpc) is 2.73. The Bertz CT molecular complexity index is 1040. The summed E-state index contributed by atoms with van der Waals surface area (Å²) in [5, 5.41) is 0. The van der Waals surface area contributed by atoms with E-state index in [1.165, 1.54) is 11.1 Å². The first kappa shape index (κ1) is 19.3. The Morgan fingerprint density at radius 2 is 1.48 bits per heavy atom. The minimum atomic E-state index is -0.378. The zero-order valence-electron chi connectivity index (χ0n) is 17.5. The van der Waals surface area contributed by atoms with Gasteiger partial charge in [0.05, 0.1) is 12.7 Å². The van der Waals surface area contributed by atoms with E-state index in [1.807, 2.05) is 41.3 Å². The normalized spacial score (nSPS) is 20.1. The molecule has 0 bridgehead atoms. The number of anilines is 1. The summed E-state index contributed by atoms with van der Waals surface area (Å²) in [6.45, 7) is 6.59. The summed E-state index contributed by atoms with van der Waals surface area (Å²) in [7, 11) is 1.61. The summed E-state index contributed by atoms with van der Waals surface area (Å²) in [5.74, 6) is 0.567. The molecule has 0 aromatic heterocycles. The Kier molecular flexibility index (Phi) is 4.70. The second kappa shape index (κ2) is 7.07. The maximum absolute atomic E-state index is 13.8. The fourth-order valence-electron chi connectivity index (χ4n) is 4.89. The van der Waals surface area contributed by atoms with E-state index in [1.54, 1.807) is 7.11 Å². The first-order chi connectivity index (χ1) is 13.9. The van der Waals surface area contributed by atoms with Crippen molar-refractivity contribution < 1.29 is 9.53 Å². The molecular formula is C26H27NO2. The lowest BCUT2D eigenvalue weighted by Gasteiger charge is -2.51. The van der Waals surface area contributed by atoms with E-state index in [0.29, 0.717) is 11.3 Å². The van der Waals surface area contributed by atoms with Gasteiger partial charge < -0.3 is 9.64 Å². The number of fused-ring (bicyclic) bond motifs is 1. The highest BCUT2D eigenvalue weighted by Gasteiger charge is 2.48. The van der Waals surface area contributed by atoms with E-state index in [9.17, 15) is 4.79 Å². The summed E-state index contributed by atoms with van der Waals surface area (Å²) in [4.78, 5) is 15.7. The molecule has 1 aliphatic heterocycles. The first-order valence-electron chi connectivity index (χ1n) is 10.0. The number of hydrogen-bond donors (Lipinski definition) is 0. The minimum absolute atomic E-state index is 0.0324. The van der Waals surface area contributed by atoms with Gasteiger partial charge in [0.2, 0.25) is 0 Å². The molecule has 3 nitrogen and oxygen atoms in total. The smallest absolute Gasteiger partial charge is 0.262 e. The van der Waals surface area contributed by atoms with Gasteiger partial charge in [-0.25, -0.2) is 0 Å². The quantitative estimate of drug-likeness (QED) is 0.568. The monoisotopic (exact) mass is 385 g/mol. The van der Waals surface area contributed by atoms with Crippen LogP contribution in [0.5, 0.6) is 5.75 Å². The Labute approximate surface area is 172 Å². The highest BCUT2D eigenvalue weighted by Crippen LogP contribution is 2.50. The van der Waals surface area contributed by atoms with Crippen LogP contribution in [-0.4, -0.2) is 18.6 Å². The molecule has 0 radical (unpaired) electrons. The van der Waals surface area contributed by atoms with Gasteiger partial charge in [-0.2, -0.15) is 0 Å². The molecule has 1 aliphatic rings. The summed E-state index contributed by atoms with van der Waals surface area (Å²) >= 11 is 0. The molecule has 0 saturated heterocycles. The van der Waals surface area contributed by atoms with Gasteiger partial charge in [0, 0.05) is 16.6 Å². The molecule has 1 amide bonds. The molecular weight excluding hydrogens is 358 g/mol. The van der Waals surface area contributed by atoms with Crippen molar-refractivity contribution in [2.75, 3.05) is 12.0 Å². The lowest BCUT2D eigenvalue weighted by molar-refractivity contribution is 0.0946. The van der Waals surface area contributed by atoms with Crippen LogP contribution in [0.2, 0.25) is 0 Å². The van der Waals surface area contributed by atoms with E-state index >= 15 is 0 Å². The fourth-order valence-corrected chi connectivity index (χ4v) is 4.89. The van der Waals surface area contributed by atoms with Gasteiger partial charge >= 0.3 is 0 Å².